The molecule has 2 aliphatic heterocycles. The van der Waals surface area contributed by atoms with Crippen LogP contribution in [0.5, 0.6) is 0 Å². The first-order valence-corrected chi connectivity index (χ1v) is 11.5. The van der Waals surface area contributed by atoms with Gasteiger partial charge in [-0.1, -0.05) is 62.2 Å². The van der Waals surface area contributed by atoms with Crippen molar-refractivity contribution in [1.29, 1.82) is 0 Å². The fourth-order valence-electron chi connectivity index (χ4n) is 4.71. The van der Waals surface area contributed by atoms with E-state index in [1.807, 2.05) is 24.3 Å². The van der Waals surface area contributed by atoms with Crippen molar-refractivity contribution in [3.05, 3.63) is 69.3 Å². The third-order valence-corrected chi connectivity index (χ3v) is 6.60. The van der Waals surface area contributed by atoms with Crippen LogP contribution in [0.15, 0.2) is 48.2 Å². The number of imide groups is 1. The molecule has 1 saturated heterocycles. The van der Waals surface area contributed by atoms with Crippen LogP contribution in [0.3, 0.4) is 0 Å². The van der Waals surface area contributed by atoms with Gasteiger partial charge in [0.15, 0.2) is 0 Å². The number of aryl methyl sites for hydroxylation is 1. The SMILES string of the molecule is CCc1ccc(N2C(=O)C(c3ccc(Cl)cc3Cl)=C(N3CC(C)CC(C)C3)C2=O)cc1. The average Bonchev–Trinajstić information content (AvgIpc) is 2.97. The summed E-state index contributed by atoms with van der Waals surface area (Å²) in [6.07, 6.45) is 1.99. The lowest BCUT2D eigenvalue weighted by atomic mass is 9.91. The second kappa shape index (κ2) is 8.68. The molecule has 2 aromatic carbocycles. The van der Waals surface area contributed by atoms with E-state index in [0.29, 0.717) is 44.4 Å². The molecule has 31 heavy (non-hydrogen) atoms. The van der Waals surface area contributed by atoms with Crippen LogP contribution in [-0.2, 0) is 16.0 Å². The van der Waals surface area contributed by atoms with E-state index in [9.17, 15) is 9.59 Å². The molecule has 0 aromatic heterocycles. The van der Waals surface area contributed by atoms with E-state index in [4.69, 9.17) is 23.2 Å². The quantitative estimate of drug-likeness (QED) is 0.544. The molecule has 1 fully saturated rings. The largest absolute Gasteiger partial charge is 0.366 e. The van der Waals surface area contributed by atoms with E-state index in [2.05, 4.69) is 25.7 Å². The number of carbonyl (C=O) groups excluding carboxylic acids is 2. The predicted octanol–water partition coefficient (Wildman–Crippen LogP) is 5.82. The molecular formula is C25H26Cl2N2O2. The summed E-state index contributed by atoms with van der Waals surface area (Å²) in [7, 11) is 0. The molecule has 6 heteroatoms. The van der Waals surface area contributed by atoms with Gasteiger partial charge < -0.3 is 4.90 Å². The highest BCUT2D eigenvalue weighted by Gasteiger charge is 2.44. The number of hydrogen-bond acceptors (Lipinski definition) is 3. The molecule has 0 N–H and O–H groups in total. The highest BCUT2D eigenvalue weighted by Crippen LogP contribution is 2.39. The molecular weight excluding hydrogens is 431 g/mol. The molecule has 2 aromatic rings. The maximum absolute atomic E-state index is 13.7. The van der Waals surface area contributed by atoms with Crippen LogP contribution in [-0.4, -0.2) is 29.8 Å². The third kappa shape index (κ3) is 4.11. The fourth-order valence-corrected chi connectivity index (χ4v) is 5.21. The summed E-state index contributed by atoms with van der Waals surface area (Å²) in [4.78, 5) is 30.7. The number of amides is 2. The van der Waals surface area contributed by atoms with E-state index in [-0.39, 0.29) is 11.8 Å². The van der Waals surface area contributed by atoms with Crippen molar-refractivity contribution in [3.8, 4) is 0 Å². The highest BCUT2D eigenvalue weighted by molar-refractivity contribution is 6.47. The zero-order valence-corrected chi connectivity index (χ0v) is 19.5. The van der Waals surface area contributed by atoms with Crippen molar-refractivity contribution in [2.24, 2.45) is 11.8 Å². The number of hydrogen-bond donors (Lipinski definition) is 0. The number of piperidine rings is 1. The normalized spacial score (nSPS) is 22.0. The first-order valence-electron chi connectivity index (χ1n) is 10.7. The molecule has 162 valence electrons. The molecule has 4 nitrogen and oxygen atoms in total. The Morgan fingerprint density at radius 2 is 1.58 bits per heavy atom. The van der Waals surface area contributed by atoms with E-state index in [1.54, 1.807) is 18.2 Å². The van der Waals surface area contributed by atoms with E-state index < -0.39 is 0 Å². The first kappa shape index (κ1) is 21.9. The lowest BCUT2D eigenvalue weighted by Crippen LogP contribution is -2.42. The summed E-state index contributed by atoms with van der Waals surface area (Å²) in [6.45, 7) is 7.90. The van der Waals surface area contributed by atoms with E-state index in [1.165, 1.54) is 4.90 Å². The fraction of sp³-hybridized carbons (Fsp3) is 0.360. The number of anilines is 1. The Morgan fingerprint density at radius 1 is 0.935 bits per heavy atom. The Balaban J connectivity index is 1.84. The summed E-state index contributed by atoms with van der Waals surface area (Å²) in [5.41, 5.74) is 3.05. The zero-order valence-electron chi connectivity index (χ0n) is 18.0. The minimum atomic E-state index is -0.348. The lowest BCUT2D eigenvalue weighted by molar-refractivity contribution is -0.120. The summed E-state index contributed by atoms with van der Waals surface area (Å²) in [6, 6.07) is 12.6. The van der Waals surface area contributed by atoms with Crippen LogP contribution in [0.2, 0.25) is 10.0 Å². The summed E-state index contributed by atoms with van der Waals surface area (Å²) >= 11 is 12.6. The maximum atomic E-state index is 13.7. The van der Waals surface area contributed by atoms with Gasteiger partial charge in [0.05, 0.1) is 16.3 Å². The van der Waals surface area contributed by atoms with Gasteiger partial charge in [0, 0.05) is 23.7 Å². The van der Waals surface area contributed by atoms with Gasteiger partial charge in [-0.3, -0.25) is 9.59 Å². The number of likely N-dealkylation sites (tertiary alicyclic amines) is 1. The first-order chi connectivity index (χ1) is 14.8. The van der Waals surface area contributed by atoms with Crippen molar-refractivity contribution in [2.45, 2.75) is 33.6 Å². The van der Waals surface area contributed by atoms with Gasteiger partial charge in [0.25, 0.3) is 11.8 Å². The number of benzene rings is 2. The van der Waals surface area contributed by atoms with Gasteiger partial charge in [0.1, 0.15) is 5.70 Å². The topological polar surface area (TPSA) is 40.6 Å². The molecule has 2 heterocycles. The van der Waals surface area contributed by atoms with Crippen LogP contribution in [0.4, 0.5) is 5.69 Å². The molecule has 2 amide bonds. The Kier molecular flexibility index (Phi) is 6.14. The molecule has 0 radical (unpaired) electrons. The number of nitrogens with zero attached hydrogens (tertiary/aromatic N) is 2. The van der Waals surface area contributed by atoms with E-state index in [0.717, 1.165) is 31.5 Å². The summed E-state index contributed by atoms with van der Waals surface area (Å²) in [5.74, 6) is 0.217. The smallest absolute Gasteiger partial charge is 0.282 e. The van der Waals surface area contributed by atoms with Gasteiger partial charge in [0.2, 0.25) is 0 Å². The highest BCUT2D eigenvalue weighted by atomic mass is 35.5. The van der Waals surface area contributed by atoms with Crippen molar-refractivity contribution >= 4 is 46.3 Å². The number of carbonyl (C=O) groups is 2. The second-order valence-corrected chi connectivity index (χ2v) is 9.51. The number of rotatable bonds is 4. The van der Waals surface area contributed by atoms with Gasteiger partial charge in [-0.25, -0.2) is 4.90 Å². The molecule has 0 spiro atoms. The van der Waals surface area contributed by atoms with Gasteiger partial charge in [-0.05, 0) is 54.5 Å². The van der Waals surface area contributed by atoms with Crippen LogP contribution < -0.4 is 4.90 Å². The van der Waals surface area contributed by atoms with Crippen LogP contribution in [0.25, 0.3) is 5.57 Å². The van der Waals surface area contributed by atoms with Crippen molar-refractivity contribution in [1.82, 2.24) is 4.90 Å². The maximum Gasteiger partial charge on any atom is 0.282 e. The lowest BCUT2D eigenvalue weighted by Gasteiger charge is -2.37. The predicted molar refractivity (Wildman–Crippen MR) is 126 cm³/mol. The van der Waals surface area contributed by atoms with Gasteiger partial charge in [-0.2, -0.15) is 0 Å². The molecule has 0 bridgehead atoms. The minimum Gasteiger partial charge on any atom is -0.366 e. The van der Waals surface area contributed by atoms with Crippen molar-refractivity contribution in [2.75, 3.05) is 18.0 Å². The monoisotopic (exact) mass is 456 g/mol. The van der Waals surface area contributed by atoms with Gasteiger partial charge in [-0.15, -0.1) is 0 Å². The molecule has 0 saturated carbocycles. The molecule has 2 aliphatic rings. The van der Waals surface area contributed by atoms with Crippen molar-refractivity contribution in [3.63, 3.8) is 0 Å². The molecule has 2 atom stereocenters. The Labute approximate surface area is 193 Å². The average molecular weight is 457 g/mol. The second-order valence-electron chi connectivity index (χ2n) is 8.66. The Hall–Kier alpha value is -2.30. The Bertz CT molecular complexity index is 1050. The summed E-state index contributed by atoms with van der Waals surface area (Å²) < 4.78 is 0. The van der Waals surface area contributed by atoms with Crippen LogP contribution in [0.1, 0.15) is 38.3 Å². The van der Waals surface area contributed by atoms with Crippen LogP contribution >= 0.6 is 23.2 Å². The zero-order chi connectivity index (χ0) is 22.3. The van der Waals surface area contributed by atoms with E-state index >= 15 is 0 Å². The molecule has 0 aliphatic carbocycles. The van der Waals surface area contributed by atoms with Gasteiger partial charge >= 0.3 is 0 Å². The van der Waals surface area contributed by atoms with Crippen molar-refractivity contribution < 1.29 is 9.59 Å². The third-order valence-electron chi connectivity index (χ3n) is 6.05. The molecule has 4 rings (SSSR count). The molecule has 2 unspecified atom stereocenters. The number of halogens is 2. The minimum absolute atomic E-state index is 0.295. The van der Waals surface area contributed by atoms with Crippen LogP contribution in [0, 0.1) is 11.8 Å². The summed E-state index contributed by atoms with van der Waals surface area (Å²) in [5, 5.41) is 0.849. The Morgan fingerprint density at radius 3 is 2.16 bits per heavy atom. The standard InChI is InChI=1S/C25H26Cl2N2O2/c1-4-17-5-8-19(9-6-17)29-24(30)22(20-10-7-18(26)12-21(20)27)23(25(29)31)28-13-15(2)11-16(3)14-28/h5-10,12,15-16H,4,11,13-14H2,1-3H3.